The van der Waals surface area contributed by atoms with Crippen molar-refractivity contribution in [2.24, 2.45) is 0 Å². The van der Waals surface area contributed by atoms with Crippen molar-refractivity contribution in [3.05, 3.63) is 24.3 Å². The van der Waals surface area contributed by atoms with Gasteiger partial charge in [-0.2, -0.15) is 0 Å². The van der Waals surface area contributed by atoms with Gasteiger partial charge in [0, 0.05) is 30.9 Å². The molecule has 2 rings (SSSR count). The predicted octanol–water partition coefficient (Wildman–Crippen LogP) is 2.10. The fourth-order valence-corrected chi connectivity index (χ4v) is 2.58. The van der Waals surface area contributed by atoms with Gasteiger partial charge in [0.25, 0.3) is 0 Å². The minimum absolute atomic E-state index is 0.0334. The molecule has 1 aliphatic heterocycles. The van der Waals surface area contributed by atoms with E-state index in [4.69, 9.17) is 10.5 Å². The molecule has 0 aliphatic carbocycles. The molecule has 0 aromatic heterocycles. The topological polar surface area (TPSA) is 67.6 Å². The Labute approximate surface area is 126 Å². The number of benzene rings is 1. The Hall–Kier alpha value is -1.59. The van der Waals surface area contributed by atoms with E-state index in [0.29, 0.717) is 18.2 Å². The van der Waals surface area contributed by atoms with Crippen LogP contribution in [0.4, 0.5) is 11.4 Å². The first kappa shape index (κ1) is 15.8. The Kier molecular flexibility index (Phi) is 6.02. The standard InChI is InChI=1S/C16H25N3O2/c1-19(12-15-7-4-10-21-15)9-3-8-16(20)18-14-6-2-5-13(17)11-14/h2,5-6,11,15H,3-4,7-10,12,17H2,1H3,(H,18,20). The number of amides is 1. The number of ether oxygens (including phenoxy) is 1. The van der Waals surface area contributed by atoms with Crippen LogP contribution in [0.15, 0.2) is 24.3 Å². The summed E-state index contributed by atoms with van der Waals surface area (Å²) in [5.41, 5.74) is 7.10. The highest BCUT2D eigenvalue weighted by Crippen LogP contribution is 2.14. The summed E-state index contributed by atoms with van der Waals surface area (Å²) in [6, 6.07) is 7.25. The van der Waals surface area contributed by atoms with Gasteiger partial charge in [-0.15, -0.1) is 0 Å². The largest absolute Gasteiger partial charge is 0.399 e. The number of rotatable bonds is 7. The van der Waals surface area contributed by atoms with E-state index >= 15 is 0 Å². The maximum atomic E-state index is 11.9. The maximum Gasteiger partial charge on any atom is 0.224 e. The fraction of sp³-hybridized carbons (Fsp3) is 0.562. The Bertz CT molecular complexity index is 459. The second-order valence-corrected chi connectivity index (χ2v) is 5.67. The predicted molar refractivity (Wildman–Crippen MR) is 85.2 cm³/mol. The molecule has 1 saturated heterocycles. The molecule has 1 atom stereocenters. The van der Waals surface area contributed by atoms with Crippen LogP contribution in [0.3, 0.4) is 0 Å². The summed E-state index contributed by atoms with van der Waals surface area (Å²) in [7, 11) is 2.08. The third kappa shape index (κ3) is 5.73. The highest BCUT2D eigenvalue weighted by Gasteiger charge is 2.17. The van der Waals surface area contributed by atoms with Crippen molar-refractivity contribution in [2.75, 3.05) is 37.8 Å². The van der Waals surface area contributed by atoms with Crippen molar-refractivity contribution in [3.63, 3.8) is 0 Å². The Morgan fingerprint density at radius 3 is 3.10 bits per heavy atom. The van der Waals surface area contributed by atoms with Gasteiger partial charge in [-0.3, -0.25) is 4.79 Å². The molecule has 3 N–H and O–H groups in total. The lowest BCUT2D eigenvalue weighted by Gasteiger charge is -2.20. The molecule has 1 fully saturated rings. The van der Waals surface area contributed by atoms with Crippen LogP contribution >= 0.6 is 0 Å². The monoisotopic (exact) mass is 291 g/mol. The van der Waals surface area contributed by atoms with Gasteiger partial charge < -0.3 is 20.7 Å². The van der Waals surface area contributed by atoms with Crippen LogP contribution in [0.1, 0.15) is 25.7 Å². The molecule has 0 radical (unpaired) electrons. The average Bonchev–Trinajstić information content (AvgIpc) is 2.91. The summed E-state index contributed by atoms with van der Waals surface area (Å²) in [5.74, 6) is 0.0334. The average molecular weight is 291 g/mol. The van der Waals surface area contributed by atoms with Crippen LogP contribution in [0, 0.1) is 0 Å². The van der Waals surface area contributed by atoms with Crippen molar-refractivity contribution >= 4 is 17.3 Å². The molecule has 1 heterocycles. The molecule has 21 heavy (non-hydrogen) atoms. The van der Waals surface area contributed by atoms with E-state index in [0.717, 1.165) is 38.2 Å². The van der Waals surface area contributed by atoms with E-state index in [1.54, 1.807) is 12.1 Å². The van der Waals surface area contributed by atoms with Crippen molar-refractivity contribution in [2.45, 2.75) is 31.8 Å². The first-order chi connectivity index (χ1) is 10.1. The summed E-state index contributed by atoms with van der Waals surface area (Å²) in [6.07, 6.45) is 4.06. The molecular formula is C16H25N3O2. The zero-order valence-electron chi connectivity index (χ0n) is 12.7. The minimum atomic E-state index is 0.0334. The molecule has 1 aliphatic rings. The van der Waals surface area contributed by atoms with Gasteiger partial charge in [-0.25, -0.2) is 0 Å². The summed E-state index contributed by atoms with van der Waals surface area (Å²) in [6.45, 7) is 2.75. The second-order valence-electron chi connectivity index (χ2n) is 5.67. The van der Waals surface area contributed by atoms with E-state index in [9.17, 15) is 4.79 Å². The highest BCUT2D eigenvalue weighted by atomic mass is 16.5. The number of nitrogens with two attached hydrogens (primary N) is 1. The summed E-state index contributed by atoms with van der Waals surface area (Å²) in [5, 5.41) is 2.87. The molecule has 5 nitrogen and oxygen atoms in total. The third-order valence-corrected chi connectivity index (χ3v) is 3.65. The number of nitrogen functional groups attached to an aromatic ring is 1. The number of carbonyl (C=O) groups excluding carboxylic acids is 1. The number of anilines is 2. The SMILES string of the molecule is CN(CCCC(=O)Nc1cccc(N)c1)CC1CCCO1. The van der Waals surface area contributed by atoms with Crippen LogP contribution in [0.25, 0.3) is 0 Å². The van der Waals surface area contributed by atoms with Crippen LogP contribution < -0.4 is 11.1 Å². The summed E-state index contributed by atoms with van der Waals surface area (Å²) >= 11 is 0. The molecule has 0 spiro atoms. The summed E-state index contributed by atoms with van der Waals surface area (Å²) < 4.78 is 5.61. The van der Waals surface area contributed by atoms with Crippen molar-refractivity contribution < 1.29 is 9.53 Å². The van der Waals surface area contributed by atoms with Crippen LogP contribution in [-0.4, -0.2) is 43.7 Å². The lowest BCUT2D eigenvalue weighted by molar-refractivity contribution is -0.116. The normalized spacial score (nSPS) is 18.1. The quantitative estimate of drug-likeness (QED) is 0.755. The zero-order chi connectivity index (χ0) is 15.1. The first-order valence-electron chi connectivity index (χ1n) is 7.59. The molecule has 0 bridgehead atoms. The number of likely N-dealkylation sites (N-methyl/N-ethyl adjacent to an activating group) is 1. The maximum absolute atomic E-state index is 11.9. The molecule has 5 heteroatoms. The Balaban J connectivity index is 1.62. The van der Waals surface area contributed by atoms with E-state index < -0.39 is 0 Å². The van der Waals surface area contributed by atoms with E-state index in [2.05, 4.69) is 17.3 Å². The lowest BCUT2D eigenvalue weighted by atomic mass is 10.2. The molecule has 1 unspecified atom stereocenters. The molecule has 1 amide bonds. The number of hydrogen-bond acceptors (Lipinski definition) is 4. The van der Waals surface area contributed by atoms with Crippen LogP contribution in [-0.2, 0) is 9.53 Å². The number of nitrogens with one attached hydrogen (secondary N) is 1. The number of hydrogen-bond donors (Lipinski definition) is 2. The molecule has 0 saturated carbocycles. The minimum Gasteiger partial charge on any atom is -0.399 e. The molecule has 1 aromatic carbocycles. The van der Waals surface area contributed by atoms with Crippen molar-refractivity contribution in [1.29, 1.82) is 0 Å². The Morgan fingerprint density at radius 1 is 1.52 bits per heavy atom. The van der Waals surface area contributed by atoms with Gasteiger partial charge in [0.2, 0.25) is 5.91 Å². The van der Waals surface area contributed by atoms with Gasteiger partial charge in [0.05, 0.1) is 6.10 Å². The van der Waals surface area contributed by atoms with E-state index in [-0.39, 0.29) is 5.91 Å². The van der Waals surface area contributed by atoms with Crippen LogP contribution in [0.2, 0.25) is 0 Å². The molecule has 1 aromatic rings. The first-order valence-corrected chi connectivity index (χ1v) is 7.59. The van der Waals surface area contributed by atoms with Crippen molar-refractivity contribution in [1.82, 2.24) is 4.90 Å². The van der Waals surface area contributed by atoms with E-state index in [1.165, 1.54) is 6.42 Å². The van der Waals surface area contributed by atoms with Crippen molar-refractivity contribution in [3.8, 4) is 0 Å². The lowest BCUT2D eigenvalue weighted by Crippen LogP contribution is -2.30. The number of nitrogens with zero attached hydrogens (tertiary/aromatic N) is 1. The fourth-order valence-electron chi connectivity index (χ4n) is 2.58. The van der Waals surface area contributed by atoms with Gasteiger partial charge in [0.1, 0.15) is 0 Å². The van der Waals surface area contributed by atoms with Gasteiger partial charge in [-0.1, -0.05) is 6.07 Å². The number of carbonyl (C=O) groups is 1. The van der Waals surface area contributed by atoms with Crippen LogP contribution in [0.5, 0.6) is 0 Å². The van der Waals surface area contributed by atoms with E-state index in [1.807, 2.05) is 12.1 Å². The molecular weight excluding hydrogens is 266 g/mol. The Morgan fingerprint density at radius 2 is 2.38 bits per heavy atom. The summed E-state index contributed by atoms with van der Waals surface area (Å²) in [4.78, 5) is 14.1. The van der Waals surface area contributed by atoms with Gasteiger partial charge >= 0.3 is 0 Å². The third-order valence-electron chi connectivity index (χ3n) is 3.65. The van der Waals surface area contributed by atoms with Gasteiger partial charge in [-0.05, 0) is 51.1 Å². The zero-order valence-corrected chi connectivity index (χ0v) is 12.7. The second kappa shape index (κ2) is 8.00. The highest BCUT2D eigenvalue weighted by molar-refractivity contribution is 5.91. The van der Waals surface area contributed by atoms with Gasteiger partial charge in [0.15, 0.2) is 0 Å². The molecule has 116 valence electrons. The smallest absolute Gasteiger partial charge is 0.224 e.